The lowest BCUT2D eigenvalue weighted by Crippen LogP contribution is -2.33. The molecule has 0 aromatic heterocycles. The molecule has 0 amide bonds. The van der Waals surface area contributed by atoms with Gasteiger partial charge in [-0.1, -0.05) is 19.4 Å². The highest BCUT2D eigenvalue weighted by molar-refractivity contribution is 6.31. The van der Waals surface area contributed by atoms with E-state index in [1.165, 1.54) is 12.5 Å². The molecule has 0 aliphatic rings. The van der Waals surface area contributed by atoms with Crippen molar-refractivity contribution < 1.29 is 10.2 Å². The van der Waals surface area contributed by atoms with Crippen molar-refractivity contribution in [2.75, 3.05) is 26.3 Å². The van der Waals surface area contributed by atoms with E-state index in [2.05, 4.69) is 11.5 Å². The number of hydrogen-bond donors (Lipinski definition) is 2. The monoisotopic (exact) mass is 177 g/mol. The molecule has 0 rings (SSSR count). The lowest BCUT2D eigenvalue weighted by atomic mass is 10.6. The Hall–Kier alpha value is 0.0969. The Bertz CT molecular complexity index is 76.8. The quantitative estimate of drug-likeness (QED) is 0.500. The van der Waals surface area contributed by atoms with Crippen LogP contribution in [-0.2, 0) is 0 Å². The van der Waals surface area contributed by atoms with Gasteiger partial charge in [0, 0.05) is 13.1 Å². The highest BCUT2D eigenvalue weighted by atomic mass is 28.2. The van der Waals surface area contributed by atoms with Gasteiger partial charge in [-0.2, -0.15) is 0 Å². The first kappa shape index (κ1) is 11.1. The van der Waals surface area contributed by atoms with E-state index in [4.69, 9.17) is 10.2 Å². The largest absolute Gasteiger partial charge is 0.395 e. The van der Waals surface area contributed by atoms with Crippen LogP contribution in [0, 0.1) is 0 Å². The fourth-order valence-electron chi connectivity index (χ4n) is 1.000. The molecule has 0 aromatic carbocycles. The fourth-order valence-corrected chi connectivity index (χ4v) is 2.49. The van der Waals surface area contributed by atoms with Crippen LogP contribution in [0.2, 0.25) is 6.04 Å². The molecule has 0 heterocycles. The van der Waals surface area contributed by atoms with E-state index in [9.17, 15) is 0 Å². The maximum absolute atomic E-state index is 8.66. The molecule has 0 unspecified atom stereocenters. The number of aliphatic hydroxyl groups excluding tert-OH is 2. The lowest BCUT2D eigenvalue weighted by Gasteiger charge is -2.18. The number of aliphatic hydroxyl groups is 2. The first-order valence-electron chi connectivity index (χ1n) is 4.29. The van der Waals surface area contributed by atoms with E-state index >= 15 is 0 Å². The van der Waals surface area contributed by atoms with Gasteiger partial charge in [0.05, 0.1) is 22.9 Å². The molecular weight excluding hydrogens is 158 g/mol. The van der Waals surface area contributed by atoms with Gasteiger partial charge in [0.1, 0.15) is 0 Å². The van der Waals surface area contributed by atoms with Gasteiger partial charge in [0.25, 0.3) is 0 Å². The molecule has 3 nitrogen and oxygen atoms in total. The normalized spacial score (nSPS) is 12.0. The third kappa shape index (κ3) is 6.49. The molecule has 0 aliphatic heterocycles. The summed E-state index contributed by atoms with van der Waals surface area (Å²) in [6.07, 6.45) is 1.22. The molecule has 0 atom stereocenters. The summed E-state index contributed by atoms with van der Waals surface area (Å²) in [5.41, 5.74) is 0. The molecule has 2 N–H and O–H groups in total. The van der Waals surface area contributed by atoms with Crippen LogP contribution in [0.3, 0.4) is 0 Å². The molecule has 4 heteroatoms. The highest BCUT2D eigenvalue weighted by Crippen LogP contribution is 1.91. The maximum Gasteiger partial charge on any atom is 0.0952 e. The van der Waals surface area contributed by atoms with Gasteiger partial charge in [-0.15, -0.1) is 0 Å². The standard InChI is InChI=1S/C7H19NO2Si/c1-2-7-11-8(3-5-9)4-6-10/h9-10H,2-7,11H2,1H3. The molecule has 0 aromatic rings. The molecule has 0 fully saturated rings. The smallest absolute Gasteiger partial charge is 0.0952 e. The predicted octanol–water partition coefficient (Wildman–Crippen LogP) is -0.815. The van der Waals surface area contributed by atoms with Crippen molar-refractivity contribution in [3.8, 4) is 0 Å². The first-order chi connectivity index (χ1) is 5.35. The van der Waals surface area contributed by atoms with Gasteiger partial charge >= 0.3 is 0 Å². The van der Waals surface area contributed by atoms with Crippen molar-refractivity contribution in [3.63, 3.8) is 0 Å². The third-order valence-electron chi connectivity index (χ3n) is 1.66. The topological polar surface area (TPSA) is 43.7 Å². The van der Waals surface area contributed by atoms with Crippen molar-refractivity contribution in [2.24, 2.45) is 0 Å². The second-order valence-corrected chi connectivity index (χ2v) is 4.69. The highest BCUT2D eigenvalue weighted by Gasteiger charge is 2.01. The molecular formula is C7H19NO2Si. The average Bonchev–Trinajstić information content (AvgIpc) is 2.01. The first-order valence-corrected chi connectivity index (χ1v) is 5.92. The Labute approximate surface area is 70.9 Å². The van der Waals surface area contributed by atoms with Gasteiger partial charge in [0.2, 0.25) is 0 Å². The van der Waals surface area contributed by atoms with Crippen LogP contribution in [0.15, 0.2) is 0 Å². The Balaban J connectivity index is 3.34. The van der Waals surface area contributed by atoms with Gasteiger partial charge < -0.3 is 14.8 Å². The van der Waals surface area contributed by atoms with Gasteiger partial charge in [-0.05, 0) is 0 Å². The summed E-state index contributed by atoms with van der Waals surface area (Å²) in [6.45, 7) is 4.09. The fraction of sp³-hybridized carbons (Fsp3) is 1.00. The Morgan fingerprint density at radius 1 is 1.18 bits per heavy atom. The van der Waals surface area contributed by atoms with E-state index in [0.717, 1.165) is 13.1 Å². The molecule has 0 saturated carbocycles. The van der Waals surface area contributed by atoms with E-state index in [0.29, 0.717) is 0 Å². The van der Waals surface area contributed by atoms with Crippen LogP contribution in [-0.4, -0.2) is 50.8 Å². The number of hydrogen-bond acceptors (Lipinski definition) is 3. The summed E-state index contributed by atoms with van der Waals surface area (Å²) in [5.74, 6) is 0. The summed E-state index contributed by atoms with van der Waals surface area (Å²) < 4.78 is 2.21. The van der Waals surface area contributed by atoms with Crippen LogP contribution in [0.25, 0.3) is 0 Å². The minimum Gasteiger partial charge on any atom is -0.395 e. The van der Waals surface area contributed by atoms with E-state index in [1.807, 2.05) is 0 Å². The summed E-state index contributed by atoms with van der Waals surface area (Å²) in [6, 6.07) is 1.28. The lowest BCUT2D eigenvalue weighted by molar-refractivity contribution is 0.218. The van der Waals surface area contributed by atoms with Crippen molar-refractivity contribution in [2.45, 2.75) is 19.4 Å². The van der Waals surface area contributed by atoms with E-state index in [-0.39, 0.29) is 22.9 Å². The zero-order valence-electron chi connectivity index (χ0n) is 7.29. The third-order valence-corrected chi connectivity index (χ3v) is 3.95. The maximum atomic E-state index is 8.66. The Kier molecular flexibility index (Phi) is 8.27. The molecule has 0 radical (unpaired) electrons. The van der Waals surface area contributed by atoms with Gasteiger partial charge in [-0.25, -0.2) is 0 Å². The van der Waals surface area contributed by atoms with Crippen molar-refractivity contribution in [3.05, 3.63) is 0 Å². The molecule has 0 aliphatic carbocycles. The van der Waals surface area contributed by atoms with Crippen LogP contribution in [0.4, 0.5) is 0 Å². The van der Waals surface area contributed by atoms with E-state index < -0.39 is 0 Å². The molecule has 0 bridgehead atoms. The van der Waals surface area contributed by atoms with Crippen molar-refractivity contribution >= 4 is 9.68 Å². The van der Waals surface area contributed by atoms with Gasteiger partial charge in [0.15, 0.2) is 0 Å². The molecule has 11 heavy (non-hydrogen) atoms. The minimum atomic E-state index is -0.183. The summed E-state index contributed by atoms with van der Waals surface area (Å²) >= 11 is 0. The van der Waals surface area contributed by atoms with Crippen LogP contribution in [0.1, 0.15) is 13.3 Å². The van der Waals surface area contributed by atoms with Gasteiger partial charge in [-0.3, -0.25) is 0 Å². The number of nitrogens with zero attached hydrogens (tertiary/aromatic N) is 1. The number of rotatable bonds is 7. The predicted molar refractivity (Wildman–Crippen MR) is 49.4 cm³/mol. The molecule has 0 spiro atoms. The van der Waals surface area contributed by atoms with Crippen LogP contribution >= 0.6 is 0 Å². The van der Waals surface area contributed by atoms with Crippen molar-refractivity contribution in [1.29, 1.82) is 0 Å². The average molecular weight is 177 g/mol. The zero-order valence-corrected chi connectivity index (χ0v) is 8.71. The second kappa shape index (κ2) is 8.20. The zero-order chi connectivity index (χ0) is 8.53. The summed E-state index contributed by atoms with van der Waals surface area (Å²) in [4.78, 5) is 0. The second-order valence-electron chi connectivity index (χ2n) is 2.64. The summed E-state index contributed by atoms with van der Waals surface area (Å²) in [5, 5.41) is 17.3. The Morgan fingerprint density at radius 3 is 2.09 bits per heavy atom. The Morgan fingerprint density at radius 2 is 1.73 bits per heavy atom. The SMILES string of the molecule is CCC[SiH2]N(CCO)CCO. The van der Waals surface area contributed by atoms with E-state index in [1.54, 1.807) is 0 Å². The van der Waals surface area contributed by atoms with Crippen molar-refractivity contribution in [1.82, 2.24) is 4.57 Å². The molecule has 68 valence electrons. The van der Waals surface area contributed by atoms with Crippen LogP contribution < -0.4 is 0 Å². The minimum absolute atomic E-state index is 0.183. The summed E-state index contributed by atoms with van der Waals surface area (Å²) in [7, 11) is -0.183. The van der Waals surface area contributed by atoms with Crippen LogP contribution in [0.5, 0.6) is 0 Å². The molecule has 0 saturated heterocycles.